The van der Waals surface area contributed by atoms with E-state index in [4.69, 9.17) is 9.47 Å². The summed E-state index contributed by atoms with van der Waals surface area (Å²) in [5, 5.41) is 0. The Morgan fingerprint density at radius 2 is 2.00 bits per heavy atom. The summed E-state index contributed by atoms with van der Waals surface area (Å²) in [4.78, 5) is 0. The summed E-state index contributed by atoms with van der Waals surface area (Å²) in [7, 11) is 1.65. The molecule has 0 aliphatic carbocycles. The van der Waals surface area contributed by atoms with Gasteiger partial charge in [-0.1, -0.05) is 38.6 Å². The molecule has 0 aromatic heterocycles. The molecule has 0 heterocycles. The van der Waals surface area contributed by atoms with E-state index in [-0.39, 0.29) is 6.10 Å². The minimum atomic E-state index is 0.231. The lowest BCUT2D eigenvalue weighted by molar-refractivity contribution is 0.184. The van der Waals surface area contributed by atoms with Crippen molar-refractivity contribution in [3.05, 3.63) is 30.3 Å². The van der Waals surface area contributed by atoms with E-state index < -0.39 is 0 Å². The van der Waals surface area contributed by atoms with Crippen molar-refractivity contribution >= 4 is 6.08 Å². The van der Waals surface area contributed by atoms with Crippen LogP contribution in [0.3, 0.4) is 0 Å². The van der Waals surface area contributed by atoms with Crippen molar-refractivity contribution in [2.24, 2.45) is 0 Å². The van der Waals surface area contributed by atoms with Crippen LogP contribution in [0.5, 0.6) is 11.5 Å². The number of ether oxygens (including phenoxy) is 2. The minimum Gasteiger partial charge on any atom is -0.493 e. The van der Waals surface area contributed by atoms with E-state index in [2.05, 4.69) is 20.4 Å². The molecule has 16 heavy (non-hydrogen) atoms. The van der Waals surface area contributed by atoms with Crippen LogP contribution in [0, 0.1) is 0 Å². The molecule has 0 unspecified atom stereocenters. The molecule has 0 saturated carbocycles. The van der Waals surface area contributed by atoms with Crippen LogP contribution in [0.4, 0.5) is 0 Å². The highest BCUT2D eigenvalue weighted by atomic mass is 16.5. The topological polar surface area (TPSA) is 18.5 Å². The molecule has 0 radical (unpaired) electrons. The smallest absolute Gasteiger partial charge is 0.168 e. The number of hydrogen-bond donors (Lipinski definition) is 0. The Kier molecular flexibility index (Phi) is 4.90. The zero-order valence-corrected chi connectivity index (χ0v) is 10.3. The number of hydrogen-bond acceptors (Lipinski definition) is 2. The maximum Gasteiger partial charge on any atom is 0.168 e. The van der Waals surface area contributed by atoms with Crippen LogP contribution >= 0.6 is 0 Å². The monoisotopic (exact) mass is 220 g/mol. The van der Waals surface area contributed by atoms with Gasteiger partial charge >= 0.3 is 0 Å². The van der Waals surface area contributed by atoms with Gasteiger partial charge in [0.25, 0.3) is 0 Å². The standard InChI is InChI=1S/C14H20O2/c1-5-11-9-8-10-13(15-4)14(11)16-12(6-2)7-3/h5,8-10,12H,1,6-7H2,2-4H3. The third-order valence-corrected chi connectivity index (χ3v) is 2.64. The van der Waals surface area contributed by atoms with Crippen molar-refractivity contribution in [3.63, 3.8) is 0 Å². The number of rotatable bonds is 6. The minimum absolute atomic E-state index is 0.231. The summed E-state index contributed by atoms with van der Waals surface area (Å²) in [6, 6.07) is 5.83. The van der Waals surface area contributed by atoms with Gasteiger partial charge in [0, 0.05) is 5.56 Å². The molecular weight excluding hydrogens is 200 g/mol. The van der Waals surface area contributed by atoms with Gasteiger partial charge in [-0.05, 0) is 18.9 Å². The largest absolute Gasteiger partial charge is 0.493 e. The molecule has 88 valence electrons. The molecule has 0 fully saturated rings. The van der Waals surface area contributed by atoms with Crippen LogP contribution in [-0.4, -0.2) is 13.2 Å². The SMILES string of the molecule is C=Cc1cccc(OC)c1OC(CC)CC. The van der Waals surface area contributed by atoms with E-state index in [1.54, 1.807) is 13.2 Å². The predicted octanol–water partition coefficient (Wildman–Crippen LogP) is 3.91. The van der Waals surface area contributed by atoms with Crippen molar-refractivity contribution in [2.45, 2.75) is 32.8 Å². The lowest BCUT2D eigenvalue weighted by Gasteiger charge is -2.19. The predicted molar refractivity (Wildman–Crippen MR) is 68.1 cm³/mol. The molecule has 1 aromatic rings. The second-order valence-corrected chi connectivity index (χ2v) is 3.64. The fraction of sp³-hybridized carbons (Fsp3) is 0.429. The first-order valence-electron chi connectivity index (χ1n) is 5.72. The first kappa shape index (κ1) is 12.6. The molecule has 0 aliphatic rings. The third kappa shape index (κ3) is 2.78. The molecule has 0 bridgehead atoms. The van der Waals surface area contributed by atoms with E-state index in [1.807, 2.05) is 18.2 Å². The third-order valence-electron chi connectivity index (χ3n) is 2.64. The van der Waals surface area contributed by atoms with Crippen molar-refractivity contribution in [2.75, 3.05) is 7.11 Å². The van der Waals surface area contributed by atoms with Gasteiger partial charge in [0.1, 0.15) is 0 Å². The number of benzene rings is 1. The quantitative estimate of drug-likeness (QED) is 0.723. The molecule has 0 saturated heterocycles. The molecule has 1 aromatic carbocycles. The lowest BCUT2D eigenvalue weighted by atomic mass is 10.1. The average molecular weight is 220 g/mol. The maximum atomic E-state index is 5.96. The highest BCUT2D eigenvalue weighted by Gasteiger charge is 2.12. The van der Waals surface area contributed by atoms with Crippen LogP contribution in [0.15, 0.2) is 24.8 Å². The van der Waals surface area contributed by atoms with Gasteiger partial charge < -0.3 is 9.47 Å². The van der Waals surface area contributed by atoms with Gasteiger partial charge in [-0.15, -0.1) is 0 Å². The Balaban J connectivity index is 3.03. The second-order valence-electron chi connectivity index (χ2n) is 3.64. The van der Waals surface area contributed by atoms with Gasteiger partial charge in [-0.3, -0.25) is 0 Å². The fourth-order valence-corrected chi connectivity index (χ4v) is 1.60. The molecule has 0 aliphatic heterocycles. The molecule has 0 amide bonds. The Bertz CT molecular complexity index is 341. The fourth-order valence-electron chi connectivity index (χ4n) is 1.60. The van der Waals surface area contributed by atoms with Crippen LogP contribution in [0.1, 0.15) is 32.3 Å². The molecule has 1 rings (SSSR count). The first-order chi connectivity index (χ1) is 7.76. The normalized spacial score (nSPS) is 10.2. The average Bonchev–Trinajstić information content (AvgIpc) is 2.35. The Hall–Kier alpha value is -1.44. The van der Waals surface area contributed by atoms with Crippen molar-refractivity contribution in [3.8, 4) is 11.5 Å². The summed E-state index contributed by atoms with van der Waals surface area (Å²) in [6.07, 6.45) is 4.01. The van der Waals surface area contributed by atoms with E-state index >= 15 is 0 Å². The molecule has 0 spiro atoms. The van der Waals surface area contributed by atoms with Gasteiger partial charge in [0.05, 0.1) is 13.2 Å². The second kappa shape index (κ2) is 6.21. The molecular formula is C14H20O2. The van der Waals surface area contributed by atoms with E-state index in [1.165, 1.54) is 0 Å². The van der Waals surface area contributed by atoms with E-state index in [0.717, 1.165) is 29.9 Å². The van der Waals surface area contributed by atoms with Crippen molar-refractivity contribution < 1.29 is 9.47 Å². The molecule has 0 N–H and O–H groups in total. The highest BCUT2D eigenvalue weighted by Crippen LogP contribution is 2.33. The van der Waals surface area contributed by atoms with Crippen LogP contribution in [0.25, 0.3) is 6.08 Å². The van der Waals surface area contributed by atoms with Gasteiger partial charge in [0.2, 0.25) is 0 Å². The van der Waals surface area contributed by atoms with Gasteiger partial charge in [-0.2, -0.15) is 0 Å². The van der Waals surface area contributed by atoms with Gasteiger partial charge in [0.15, 0.2) is 11.5 Å². The summed E-state index contributed by atoms with van der Waals surface area (Å²) >= 11 is 0. The van der Waals surface area contributed by atoms with Gasteiger partial charge in [-0.25, -0.2) is 0 Å². The summed E-state index contributed by atoms with van der Waals surface area (Å²) < 4.78 is 11.3. The first-order valence-corrected chi connectivity index (χ1v) is 5.72. The Labute approximate surface area is 97.9 Å². The summed E-state index contributed by atoms with van der Waals surface area (Å²) in [5.74, 6) is 1.57. The molecule has 0 atom stereocenters. The maximum absolute atomic E-state index is 5.96. The zero-order valence-electron chi connectivity index (χ0n) is 10.3. The Morgan fingerprint density at radius 3 is 2.50 bits per heavy atom. The Morgan fingerprint density at radius 1 is 1.31 bits per heavy atom. The van der Waals surface area contributed by atoms with Crippen LogP contribution < -0.4 is 9.47 Å². The van der Waals surface area contributed by atoms with Crippen LogP contribution in [-0.2, 0) is 0 Å². The van der Waals surface area contributed by atoms with E-state index in [9.17, 15) is 0 Å². The number of methoxy groups -OCH3 is 1. The van der Waals surface area contributed by atoms with Crippen molar-refractivity contribution in [1.29, 1.82) is 0 Å². The lowest BCUT2D eigenvalue weighted by Crippen LogP contribution is -2.14. The zero-order chi connectivity index (χ0) is 12.0. The number of para-hydroxylation sites is 1. The summed E-state index contributed by atoms with van der Waals surface area (Å²) in [5.41, 5.74) is 0.978. The molecule has 2 nitrogen and oxygen atoms in total. The highest BCUT2D eigenvalue weighted by molar-refractivity contribution is 5.61. The van der Waals surface area contributed by atoms with E-state index in [0.29, 0.717) is 0 Å². The van der Waals surface area contributed by atoms with Crippen LogP contribution in [0.2, 0.25) is 0 Å². The molecule has 2 heteroatoms. The van der Waals surface area contributed by atoms with Crippen molar-refractivity contribution in [1.82, 2.24) is 0 Å². The summed E-state index contributed by atoms with van der Waals surface area (Å²) in [6.45, 7) is 8.03.